The number of terminal acetylenes is 1. The predicted molar refractivity (Wildman–Crippen MR) is 79.6 cm³/mol. The summed E-state index contributed by atoms with van der Waals surface area (Å²) in [5.74, 6) is 2.72. The van der Waals surface area contributed by atoms with Gasteiger partial charge in [0.15, 0.2) is 0 Å². The first kappa shape index (κ1) is 14.8. The molecule has 0 saturated heterocycles. The van der Waals surface area contributed by atoms with E-state index in [1.807, 2.05) is 0 Å². The first-order valence-corrected chi connectivity index (χ1v) is 6.76. The Balaban J connectivity index is 2.83. The zero-order chi connectivity index (χ0) is 13.6. The second-order valence-electron chi connectivity index (χ2n) is 5.73. The molecular formula is C17H25N. The number of rotatable bonds is 5. The Labute approximate surface area is 112 Å². The molecule has 1 heteroatoms. The van der Waals surface area contributed by atoms with Gasteiger partial charge in [-0.15, -0.1) is 12.3 Å². The molecule has 0 spiro atoms. The van der Waals surface area contributed by atoms with Crippen molar-refractivity contribution in [3.63, 3.8) is 0 Å². The molecule has 0 amide bonds. The third-order valence-corrected chi connectivity index (χ3v) is 3.21. The molecule has 1 unspecified atom stereocenters. The van der Waals surface area contributed by atoms with Gasteiger partial charge in [0.05, 0.1) is 0 Å². The molecule has 1 N–H and O–H groups in total. The lowest BCUT2D eigenvalue weighted by Crippen LogP contribution is -2.21. The Kier molecular flexibility index (Phi) is 5.44. The second-order valence-corrected chi connectivity index (χ2v) is 5.73. The molecule has 0 bridgehead atoms. The van der Waals surface area contributed by atoms with E-state index in [9.17, 15) is 0 Å². The van der Waals surface area contributed by atoms with Crippen molar-refractivity contribution in [2.75, 3.05) is 6.54 Å². The monoisotopic (exact) mass is 243 g/mol. The lowest BCUT2D eigenvalue weighted by Gasteiger charge is -2.22. The Bertz CT molecular complexity index is 389. The minimum atomic E-state index is 0.213. The van der Waals surface area contributed by atoms with Crippen LogP contribution in [-0.4, -0.2) is 6.54 Å². The average molecular weight is 243 g/mol. The van der Waals surface area contributed by atoms with Gasteiger partial charge in [-0.1, -0.05) is 52.0 Å². The topological polar surface area (TPSA) is 12.0 Å². The van der Waals surface area contributed by atoms with Crippen LogP contribution in [0.2, 0.25) is 0 Å². The van der Waals surface area contributed by atoms with Crippen molar-refractivity contribution in [2.45, 2.75) is 52.0 Å². The van der Waals surface area contributed by atoms with Crippen LogP contribution in [0, 0.1) is 12.3 Å². The Morgan fingerprint density at radius 1 is 1.22 bits per heavy atom. The van der Waals surface area contributed by atoms with E-state index in [1.165, 1.54) is 11.1 Å². The molecule has 0 radical (unpaired) electrons. The quantitative estimate of drug-likeness (QED) is 0.769. The maximum absolute atomic E-state index is 5.35. The zero-order valence-corrected chi connectivity index (χ0v) is 12.1. The van der Waals surface area contributed by atoms with Crippen molar-refractivity contribution in [3.8, 4) is 12.3 Å². The molecule has 1 rings (SSSR count). The highest BCUT2D eigenvalue weighted by Gasteiger charge is 2.15. The van der Waals surface area contributed by atoms with E-state index in [0.29, 0.717) is 6.04 Å². The minimum absolute atomic E-state index is 0.213. The van der Waals surface area contributed by atoms with Crippen molar-refractivity contribution in [3.05, 3.63) is 35.4 Å². The lowest BCUT2D eigenvalue weighted by molar-refractivity contribution is 0.521. The summed E-state index contributed by atoms with van der Waals surface area (Å²) in [6.07, 6.45) is 7.17. The van der Waals surface area contributed by atoms with Gasteiger partial charge in [-0.25, -0.2) is 0 Å². The predicted octanol–water partition coefficient (Wildman–Crippen LogP) is 4.05. The number of hydrogen-bond donors (Lipinski definition) is 1. The van der Waals surface area contributed by atoms with Gasteiger partial charge in [0, 0.05) is 12.5 Å². The molecule has 98 valence electrons. The van der Waals surface area contributed by atoms with Crippen LogP contribution in [0.15, 0.2) is 24.3 Å². The van der Waals surface area contributed by atoms with Gasteiger partial charge < -0.3 is 5.32 Å². The molecule has 18 heavy (non-hydrogen) atoms. The largest absolute Gasteiger partial charge is 0.310 e. The minimum Gasteiger partial charge on any atom is -0.310 e. The zero-order valence-electron chi connectivity index (χ0n) is 12.1. The summed E-state index contributed by atoms with van der Waals surface area (Å²) in [5, 5.41) is 3.50. The van der Waals surface area contributed by atoms with Gasteiger partial charge in [0.1, 0.15) is 0 Å². The second kappa shape index (κ2) is 6.61. The van der Waals surface area contributed by atoms with Gasteiger partial charge >= 0.3 is 0 Å². The SMILES string of the molecule is C#CCCC(NCC)c1ccc(C(C)(C)C)cc1. The van der Waals surface area contributed by atoms with Gasteiger partial charge in [-0.05, 0) is 29.5 Å². The molecule has 0 fully saturated rings. The fourth-order valence-electron chi connectivity index (χ4n) is 2.08. The maximum Gasteiger partial charge on any atom is 0.0329 e. The molecule has 0 saturated carbocycles. The number of nitrogens with one attached hydrogen (secondary N) is 1. The highest BCUT2D eigenvalue weighted by Crippen LogP contribution is 2.25. The highest BCUT2D eigenvalue weighted by molar-refractivity contribution is 5.29. The van der Waals surface area contributed by atoms with Crippen molar-refractivity contribution in [2.24, 2.45) is 0 Å². The van der Waals surface area contributed by atoms with E-state index < -0.39 is 0 Å². The first-order valence-electron chi connectivity index (χ1n) is 6.76. The summed E-state index contributed by atoms with van der Waals surface area (Å²) in [5.41, 5.74) is 2.92. The van der Waals surface area contributed by atoms with Gasteiger partial charge in [-0.2, -0.15) is 0 Å². The smallest absolute Gasteiger partial charge is 0.0329 e. The summed E-state index contributed by atoms with van der Waals surface area (Å²) < 4.78 is 0. The van der Waals surface area contributed by atoms with Gasteiger partial charge in [-0.3, -0.25) is 0 Å². The van der Waals surface area contributed by atoms with Crippen molar-refractivity contribution >= 4 is 0 Å². The Morgan fingerprint density at radius 2 is 1.83 bits per heavy atom. The molecule has 0 aliphatic carbocycles. The number of benzene rings is 1. The molecule has 0 aliphatic rings. The Morgan fingerprint density at radius 3 is 2.28 bits per heavy atom. The molecule has 0 heterocycles. The van der Waals surface area contributed by atoms with Crippen LogP contribution >= 0.6 is 0 Å². The van der Waals surface area contributed by atoms with Gasteiger partial charge in [0.25, 0.3) is 0 Å². The molecule has 1 nitrogen and oxygen atoms in total. The van der Waals surface area contributed by atoms with E-state index in [2.05, 4.69) is 63.2 Å². The lowest BCUT2D eigenvalue weighted by atomic mass is 9.86. The van der Waals surface area contributed by atoms with E-state index in [1.54, 1.807) is 0 Å². The number of hydrogen-bond acceptors (Lipinski definition) is 1. The molecule has 1 aromatic rings. The molecule has 0 aromatic heterocycles. The standard InChI is InChI=1S/C17H25N/c1-6-8-9-16(18-7-2)14-10-12-15(13-11-14)17(3,4)5/h1,10-13,16,18H,7-9H2,2-5H3. The molecule has 1 aromatic carbocycles. The van der Waals surface area contributed by atoms with Crippen molar-refractivity contribution in [1.82, 2.24) is 5.32 Å². The highest BCUT2D eigenvalue weighted by atomic mass is 14.9. The fraction of sp³-hybridized carbons (Fsp3) is 0.529. The maximum atomic E-state index is 5.35. The summed E-state index contributed by atoms with van der Waals surface area (Å²) in [4.78, 5) is 0. The van der Waals surface area contributed by atoms with Crippen LogP contribution in [0.3, 0.4) is 0 Å². The van der Waals surface area contributed by atoms with Crippen LogP contribution in [0.4, 0.5) is 0 Å². The summed E-state index contributed by atoms with van der Waals surface area (Å²) in [7, 11) is 0. The average Bonchev–Trinajstić information content (AvgIpc) is 2.33. The van der Waals surface area contributed by atoms with E-state index in [4.69, 9.17) is 6.42 Å². The molecular weight excluding hydrogens is 218 g/mol. The molecule has 1 atom stereocenters. The Hall–Kier alpha value is -1.26. The third-order valence-electron chi connectivity index (χ3n) is 3.21. The third kappa shape index (κ3) is 4.20. The van der Waals surface area contributed by atoms with Crippen LogP contribution in [0.5, 0.6) is 0 Å². The van der Waals surface area contributed by atoms with Gasteiger partial charge in [0.2, 0.25) is 0 Å². The first-order chi connectivity index (χ1) is 8.49. The van der Waals surface area contributed by atoms with E-state index in [0.717, 1.165) is 19.4 Å². The normalized spacial score (nSPS) is 13.1. The summed E-state index contributed by atoms with van der Waals surface area (Å²) in [6.45, 7) is 9.81. The van der Waals surface area contributed by atoms with Crippen molar-refractivity contribution in [1.29, 1.82) is 0 Å². The summed E-state index contributed by atoms with van der Waals surface area (Å²) in [6, 6.07) is 9.29. The van der Waals surface area contributed by atoms with E-state index >= 15 is 0 Å². The van der Waals surface area contributed by atoms with Crippen LogP contribution in [0.1, 0.15) is 57.7 Å². The summed E-state index contributed by atoms with van der Waals surface area (Å²) >= 11 is 0. The van der Waals surface area contributed by atoms with E-state index in [-0.39, 0.29) is 5.41 Å². The van der Waals surface area contributed by atoms with Crippen molar-refractivity contribution < 1.29 is 0 Å². The fourth-order valence-corrected chi connectivity index (χ4v) is 2.08. The molecule has 0 aliphatic heterocycles. The van der Waals surface area contributed by atoms with Crippen LogP contribution < -0.4 is 5.32 Å². The van der Waals surface area contributed by atoms with Crippen LogP contribution in [-0.2, 0) is 5.41 Å². The van der Waals surface area contributed by atoms with Crippen LogP contribution in [0.25, 0.3) is 0 Å².